The van der Waals surface area contributed by atoms with Crippen molar-refractivity contribution < 1.29 is 19.4 Å². The Hall–Kier alpha value is -3.65. The second-order valence-corrected chi connectivity index (χ2v) is 8.66. The van der Waals surface area contributed by atoms with Gasteiger partial charge in [-0.2, -0.15) is 5.10 Å². The van der Waals surface area contributed by atoms with E-state index in [9.17, 15) is 14.7 Å². The highest BCUT2D eigenvalue weighted by atomic mass is 16.5. The number of primary amides is 1. The maximum atomic E-state index is 13.6. The Kier molecular flexibility index (Phi) is 5.17. The molecule has 2 aromatic carbocycles. The maximum absolute atomic E-state index is 13.6. The van der Waals surface area contributed by atoms with Crippen LogP contribution in [0.3, 0.4) is 0 Å². The number of carbonyl (C=O) groups excluding carboxylic acids is 2. The van der Waals surface area contributed by atoms with Crippen LogP contribution < -0.4 is 15.4 Å². The number of aromatic nitrogens is 2. The molecule has 1 fully saturated rings. The lowest BCUT2D eigenvalue weighted by Gasteiger charge is -2.28. The van der Waals surface area contributed by atoms with Crippen LogP contribution in [0.4, 0.5) is 5.69 Å². The quantitative estimate of drug-likeness (QED) is 0.580. The SMILES string of the molecule is COc1ccc(-n2nc(C(N)=O)c3c2C(=O)N(c2ccc(C4(CCO)CC4)cc2)CC3)cc1. The standard InChI is InChI=1S/C25H26N4O4/c1-33-19-8-6-18(7-9-19)29-22-20(21(27-29)23(26)31)10-14-28(24(22)32)17-4-2-16(3-5-17)25(11-12-25)13-15-30/h2-9,30H,10-15H2,1H3,(H2,26,31). The van der Waals surface area contributed by atoms with E-state index in [-0.39, 0.29) is 23.6 Å². The number of amides is 2. The Labute approximate surface area is 191 Å². The van der Waals surface area contributed by atoms with Crippen molar-refractivity contribution in [3.8, 4) is 11.4 Å². The molecule has 2 heterocycles. The van der Waals surface area contributed by atoms with Gasteiger partial charge in [0.2, 0.25) is 0 Å². The molecule has 8 heteroatoms. The van der Waals surface area contributed by atoms with Crippen molar-refractivity contribution in [1.29, 1.82) is 0 Å². The van der Waals surface area contributed by atoms with E-state index in [1.54, 1.807) is 36.3 Å². The molecule has 1 saturated carbocycles. The summed E-state index contributed by atoms with van der Waals surface area (Å²) in [7, 11) is 1.58. The van der Waals surface area contributed by atoms with Gasteiger partial charge >= 0.3 is 0 Å². The summed E-state index contributed by atoms with van der Waals surface area (Å²) in [5, 5.41) is 13.8. The first-order valence-corrected chi connectivity index (χ1v) is 11.1. The molecule has 8 nitrogen and oxygen atoms in total. The van der Waals surface area contributed by atoms with Crippen molar-refractivity contribution >= 4 is 17.5 Å². The number of hydrogen-bond donors (Lipinski definition) is 2. The lowest BCUT2D eigenvalue weighted by atomic mass is 9.92. The Morgan fingerprint density at radius 2 is 1.79 bits per heavy atom. The third-order valence-corrected chi connectivity index (χ3v) is 6.80. The first-order valence-electron chi connectivity index (χ1n) is 11.1. The van der Waals surface area contributed by atoms with E-state index in [0.717, 1.165) is 24.9 Å². The van der Waals surface area contributed by atoms with Gasteiger partial charge < -0.3 is 20.5 Å². The molecular formula is C25H26N4O4. The van der Waals surface area contributed by atoms with Gasteiger partial charge in [-0.1, -0.05) is 12.1 Å². The molecule has 33 heavy (non-hydrogen) atoms. The van der Waals surface area contributed by atoms with Crippen LogP contribution in [0, 0.1) is 0 Å². The predicted octanol–water partition coefficient (Wildman–Crippen LogP) is 2.60. The van der Waals surface area contributed by atoms with Gasteiger partial charge in [-0.3, -0.25) is 9.59 Å². The minimum absolute atomic E-state index is 0.0791. The second-order valence-electron chi connectivity index (χ2n) is 8.66. The first-order chi connectivity index (χ1) is 16.0. The number of anilines is 1. The van der Waals surface area contributed by atoms with Crippen molar-refractivity contribution in [2.24, 2.45) is 5.73 Å². The Morgan fingerprint density at radius 1 is 1.12 bits per heavy atom. The maximum Gasteiger partial charge on any atom is 0.277 e. The molecule has 3 N–H and O–H groups in total. The van der Waals surface area contributed by atoms with Crippen LogP contribution >= 0.6 is 0 Å². The monoisotopic (exact) mass is 446 g/mol. The second kappa shape index (κ2) is 8.04. The fraction of sp³-hybridized carbons (Fsp3) is 0.320. The van der Waals surface area contributed by atoms with E-state index < -0.39 is 5.91 Å². The van der Waals surface area contributed by atoms with E-state index >= 15 is 0 Å². The highest BCUT2D eigenvalue weighted by molar-refractivity contribution is 6.09. The summed E-state index contributed by atoms with van der Waals surface area (Å²) in [5.41, 5.74) is 9.35. The summed E-state index contributed by atoms with van der Waals surface area (Å²) >= 11 is 0. The number of aliphatic hydroxyl groups is 1. The molecule has 5 rings (SSSR count). The van der Waals surface area contributed by atoms with Crippen LogP contribution in [0.25, 0.3) is 5.69 Å². The summed E-state index contributed by atoms with van der Waals surface area (Å²) in [4.78, 5) is 27.4. The zero-order valence-corrected chi connectivity index (χ0v) is 18.5. The third-order valence-electron chi connectivity index (χ3n) is 6.80. The number of nitrogens with two attached hydrogens (primary N) is 1. The molecule has 1 aromatic heterocycles. The van der Waals surface area contributed by atoms with E-state index in [4.69, 9.17) is 10.5 Å². The highest BCUT2D eigenvalue weighted by Crippen LogP contribution is 2.51. The number of carbonyl (C=O) groups is 2. The Balaban J connectivity index is 1.51. The van der Waals surface area contributed by atoms with Crippen LogP contribution in [-0.2, 0) is 11.8 Å². The topological polar surface area (TPSA) is 111 Å². The van der Waals surface area contributed by atoms with Gasteiger partial charge in [-0.05, 0) is 73.1 Å². The molecule has 3 aromatic rings. The summed E-state index contributed by atoms with van der Waals surface area (Å²) in [6, 6.07) is 15.1. The number of aliphatic hydroxyl groups excluding tert-OH is 1. The molecule has 1 aliphatic heterocycles. The molecule has 0 saturated heterocycles. The third kappa shape index (κ3) is 3.56. The van der Waals surface area contributed by atoms with Crippen LogP contribution in [0.1, 0.15) is 51.4 Å². The largest absolute Gasteiger partial charge is 0.497 e. The lowest BCUT2D eigenvalue weighted by Crippen LogP contribution is -2.39. The number of nitrogens with zero attached hydrogens (tertiary/aromatic N) is 3. The van der Waals surface area contributed by atoms with Crippen LogP contribution in [0.5, 0.6) is 5.75 Å². The van der Waals surface area contributed by atoms with E-state index in [0.29, 0.717) is 35.7 Å². The molecule has 0 radical (unpaired) electrons. The molecule has 1 aliphatic carbocycles. The number of hydrogen-bond acceptors (Lipinski definition) is 5. The van der Waals surface area contributed by atoms with E-state index in [1.165, 1.54) is 10.2 Å². The smallest absolute Gasteiger partial charge is 0.277 e. The van der Waals surface area contributed by atoms with Gasteiger partial charge in [0, 0.05) is 24.4 Å². The van der Waals surface area contributed by atoms with E-state index in [2.05, 4.69) is 17.2 Å². The van der Waals surface area contributed by atoms with Crippen LogP contribution in [0.15, 0.2) is 48.5 Å². The molecule has 0 atom stereocenters. The molecule has 0 bridgehead atoms. The number of methoxy groups -OCH3 is 1. The minimum atomic E-state index is -0.650. The number of fused-ring (bicyclic) bond motifs is 1. The number of ether oxygens (including phenoxy) is 1. The van der Waals surface area contributed by atoms with Crippen LogP contribution in [-0.4, -0.2) is 47.0 Å². The summed E-state index contributed by atoms with van der Waals surface area (Å²) in [5.74, 6) is -0.198. The predicted molar refractivity (Wildman–Crippen MR) is 123 cm³/mol. The number of rotatable bonds is 7. The summed E-state index contributed by atoms with van der Waals surface area (Å²) in [6.07, 6.45) is 3.40. The van der Waals surface area contributed by atoms with Crippen LogP contribution in [0.2, 0.25) is 0 Å². The van der Waals surface area contributed by atoms with Crippen molar-refractivity contribution in [3.63, 3.8) is 0 Å². The zero-order valence-electron chi connectivity index (χ0n) is 18.5. The average molecular weight is 447 g/mol. The normalized spacial score (nSPS) is 16.4. The lowest BCUT2D eigenvalue weighted by molar-refractivity contribution is 0.0972. The molecule has 2 amide bonds. The first kappa shape index (κ1) is 21.2. The van der Waals surface area contributed by atoms with Gasteiger partial charge in [-0.15, -0.1) is 0 Å². The summed E-state index contributed by atoms with van der Waals surface area (Å²) < 4.78 is 6.72. The average Bonchev–Trinajstić information content (AvgIpc) is 3.50. The van der Waals surface area contributed by atoms with Gasteiger partial charge in [0.05, 0.1) is 12.8 Å². The van der Waals surface area contributed by atoms with Gasteiger partial charge in [-0.25, -0.2) is 4.68 Å². The van der Waals surface area contributed by atoms with Crippen molar-refractivity contribution in [2.75, 3.05) is 25.2 Å². The molecule has 0 spiro atoms. The number of benzene rings is 2. The van der Waals surface area contributed by atoms with Gasteiger partial charge in [0.1, 0.15) is 11.4 Å². The molecule has 2 aliphatic rings. The molecular weight excluding hydrogens is 420 g/mol. The Bertz CT molecular complexity index is 1210. The van der Waals surface area contributed by atoms with Gasteiger partial charge in [0.25, 0.3) is 11.8 Å². The fourth-order valence-corrected chi connectivity index (χ4v) is 4.76. The van der Waals surface area contributed by atoms with Crippen molar-refractivity contribution in [2.45, 2.75) is 31.1 Å². The minimum Gasteiger partial charge on any atom is -0.497 e. The molecule has 170 valence electrons. The van der Waals surface area contributed by atoms with Crippen molar-refractivity contribution in [3.05, 3.63) is 71.0 Å². The Morgan fingerprint density at radius 3 is 2.36 bits per heavy atom. The van der Waals surface area contributed by atoms with Gasteiger partial charge in [0.15, 0.2) is 5.69 Å². The van der Waals surface area contributed by atoms with Crippen molar-refractivity contribution in [1.82, 2.24) is 9.78 Å². The molecule has 0 unspecified atom stereocenters. The highest BCUT2D eigenvalue weighted by Gasteiger charge is 2.43. The van der Waals surface area contributed by atoms with E-state index in [1.807, 2.05) is 12.1 Å². The fourth-order valence-electron chi connectivity index (χ4n) is 4.76. The zero-order chi connectivity index (χ0) is 23.2. The summed E-state index contributed by atoms with van der Waals surface area (Å²) in [6.45, 7) is 0.605.